The van der Waals surface area contributed by atoms with Gasteiger partial charge in [0.05, 0.1) is 12.1 Å². The highest BCUT2D eigenvalue weighted by Crippen LogP contribution is 2.37. The lowest BCUT2D eigenvalue weighted by atomic mass is 9.83. The van der Waals surface area contributed by atoms with E-state index in [1.54, 1.807) is 7.05 Å². The second-order valence-electron chi connectivity index (χ2n) is 10.1. The molecule has 3 atom stereocenters. The molecule has 0 spiro atoms. The molecule has 1 aliphatic heterocycles. The topological polar surface area (TPSA) is 64.7 Å². The number of para-hydroxylation sites is 1. The Balaban J connectivity index is 1.56. The first-order chi connectivity index (χ1) is 17.0. The normalized spacial score (nSPS) is 20.3. The van der Waals surface area contributed by atoms with E-state index in [1.165, 1.54) is 6.42 Å². The Morgan fingerprint density at radius 1 is 0.943 bits per heavy atom. The van der Waals surface area contributed by atoms with Gasteiger partial charge >= 0.3 is 0 Å². The molecular weight excluding hydrogens is 436 g/mol. The number of anilines is 2. The molecule has 1 heterocycles. The van der Waals surface area contributed by atoms with E-state index in [9.17, 15) is 9.59 Å². The van der Waals surface area contributed by atoms with Gasteiger partial charge in [0.15, 0.2) is 0 Å². The fraction of sp³-hybridized carbons (Fsp3) is 0.517. The second kappa shape index (κ2) is 11.7. The van der Waals surface area contributed by atoms with Crippen molar-refractivity contribution in [2.75, 3.05) is 25.5 Å². The Kier molecular flexibility index (Phi) is 8.45. The first-order valence-electron chi connectivity index (χ1n) is 13.2. The lowest BCUT2D eigenvalue weighted by Crippen LogP contribution is -2.55. The van der Waals surface area contributed by atoms with Crippen LogP contribution in [-0.4, -0.2) is 49.4 Å². The van der Waals surface area contributed by atoms with Crippen LogP contribution in [0.25, 0.3) is 0 Å². The lowest BCUT2D eigenvalue weighted by Gasteiger charge is -2.35. The van der Waals surface area contributed by atoms with Gasteiger partial charge in [0.1, 0.15) is 6.04 Å². The molecule has 4 rings (SSSR count). The fourth-order valence-corrected chi connectivity index (χ4v) is 5.56. The molecule has 0 bridgehead atoms. The van der Waals surface area contributed by atoms with E-state index in [4.69, 9.17) is 0 Å². The average Bonchev–Trinajstić information content (AvgIpc) is 3.41. The molecule has 2 amide bonds. The molecule has 35 heavy (non-hydrogen) atoms. The van der Waals surface area contributed by atoms with E-state index in [0.717, 1.165) is 62.0 Å². The van der Waals surface area contributed by atoms with Crippen molar-refractivity contribution >= 4 is 23.2 Å². The molecule has 0 aromatic heterocycles. The standard InChI is InChI=1S/C29H40N4O2/c1-21(30-2)28(34)31-27(22-12-6-4-7-13-22)29(35)33-19-11-18-26(33)23-14-10-17-25(20-23)32(3)24-15-8-5-9-16-24/h5,8-10,14-17,20-22,26-27,30H,4,6-7,11-13,18-19H2,1-3H3,(H,31,34)/t21?,26-,27?/m1/s1. The summed E-state index contributed by atoms with van der Waals surface area (Å²) in [5.41, 5.74) is 3.39. The fourth-order valence-electron chi connectivity index (χ4n) is 5.56. The van der Waals surface area contributed by atoms with Crippen molar-refractivity contribution in [3.8, 4) is 0 Å². The molecule has 6 heteroatoms. The van der Waals surface area contributed by atoms with Gasteiger partial charge in [-0.25, -0.2) is 0 Å². The third-order valence-electron chi connectivity index (χ3n) is 7.83. The van der Waals surface area contributed by atoms with Gasteiger partial charge in [-0.15, -0.1) is 0 Å². The molecule has 1 saturated carbocycles. The van der Waals surface area contributed by atoms with Crippen molar-refractivity contribution in [3.05, 3.63) is 60.2 Å². The Morgan fingerprint density at radius 2 is 1.66 bits per heavy atom. The van der Waals surface area contributed by atoms with Crippen LogP contribution < -0.4 is 15.5 Å². The quantitative estimate of drug-likeness (QED) is 0.575. The van der Waals surface area contributed by atoms with Crippen LogP contribution in [0.3, 0.4) is 0 Å². The van der Waals surface area contributed by atoms with Crippen LogP contribution in [-0.2, 0) is 9.59 Å². The van der Waals surface area contributed by atoms with Crippen LogP contribution in [0, 0.1) is 5.92 Å². The zero-order chi connectivity index (χ0) is 24.8. The first-order valence-corrected chi connectivity index (χ1v) is 13.2. The van der Waals surface area contributed by atoms with E-state index in [-0.39, 0.29) is 29.8 Å². The number of hydrogen-bond donors (Lipinski definition) is 2. The van der Waals surface area contributed by atoms with E-state index in [2.05, 4.69) is 59.0 Å². The Hall–Kier alpha value is -2.86. The van der Waals surface area contributed by atoms with Gasteiger partial charge < -0.3 is 20.4 Å². The Bertz CT molecular complexity index is 989. The number of carbonyl (C=O) groups is 2. The number of carbonyl (C=O) groups excluding carboxylic acids is 2. The van der Waals surface area contributed by atoms with Crippen LogP contribution in [0.15, 0.2) is 54.6 Å². The van der Waals surface area contributed by atoms with Crippen LogP contribution in [0.4, 0.5) is 11.4 Å². The Labute approximate surface area is 210 Å². The number of benzene rings is 2. The molecule has 2 fully saturated rings. The molecule has 1 saturated heterocycles. The van der Waals surface area contributed by atoms with Gasteiger partial charge in [0, 0.05) is 25.0 Å². The predicted molar refractivity (Wildman–Crippen MR) is 142 cm³/mol. The summed E-state index contributed by atoms with van der Waals surface area (Å²) >= 11 is 0. The van der Waals surface area contributed by atoms with E-state index in [1.807, 2.05) is 30.0 Å². The van der Waals surface area contributed by atoms with Crippen molar-refractivity contribution in [1.29, 1.82) is 0 Å². The van der Waals surface area contributed by atoms with Gasteiger partial charge in [-0.2, -0.15) is 0 Å². The number of hydrogen-bond acceptors (Lipinski definition) is 4. The molecule has 2 N–H and O–H groups in total. The van der Waals surface area contributed by atoms with Gasteiger partial charge in [0.25, 0.3) is 0 Å². The van der Waals surface area contributed by atoms with E-state index in [0.29, 0.717) is 0 Å². The van der Waals surface area contributed by atoms with E-state index >= 15 is 0 Å². The number of nitrogens with zero attached hydrogens (tertiary/aromatic N) is 2. The summed E-state index contributed by atoms with van der Waals surface area (Å²) in [5.74, 6) is 0.192. The SMILES string of the molecule is CNC(C)C(=O)NC(C(=O)N1CCC[C@@H]1c1cccc(N(C)c2ccccc2)c1)C1CCCCC1. The number of likely N-dealkylation sites (tertiary alicyclic amines) is 1. The maximum atomic E-state index is 14.0. The van der Waals surface area contributed by atoms with Crippen molar-refractivity contribution in [2.24, 2.45) is 5.92 Å². The second-order valence-corrected chi connectivity index (χ2v) is 10.1. The van der Waals surface area contributed by atoms with Crippen molar-refractivity contribution in [1.82, 2.24) is 15.5 Å². The number of likely N-dealkylation sites (N-methyl/N-ethyl adjacent to an activating group) is 1. The summed E-state index contributed by atoms with van der Waals surface area (Å²) in [6, 6.07) is 18.1. The lowest BCUT2D eigenvalue weighted by molar-refractivity contribution is -0.139. The summed E-state index contributed by atoms with van der Waals surface area (Å²) in [6.45, 7) is 2.58. The minimum Gasteiger partial charge on any atom is -0.345 e. The summed E-state index contributed by atoms with van der Waals surface area (Å²) in [6.07, 6.45) is 7.40. The maximum Gasteiger partial charge on any atom is 0.245 e. The van der Waals surface area contributed by atoms with Crippen LogP contribution >= 0.6 is 0 Å². The molecular formula is C29H40N4O2. The first kappa shape index (κ1) is 25.2. The number of amides is 2. The molecule has 2 aliphatic rings. The number of rotatable bonds is 8. The summed E-state index contributed by atoms with van der Waals surface area (Å²) < 4.78 is 0. The third kappa shape index (κ3) is 5.87. The third-order valence-corrected chi connectivity index (χ3v) is 7.83. The minimum atomic E-state index is -0.450. The summed E-state index contributed by atoms with van der Waals surface area (Å²) in [4.78, 5) is 31.0. The largest absolute Gasteiger partial charge is 0.345 e. The molecule has 1 aliphatic carbocycles. The zero-order valence-corrected chi connectivity index (χ0v) is 21.4. The van der Waals surface area contributed by atoms with Gasteiger partial charge in [-0.05, 0) is 75.4 Å². The zero-order valence-electron chi connectivity index (χ0n) is 21.4. The van der Waals surface area contributed by atoms with Crippen LogP contribution in [0.5, 0.6) is 0 Å². The van der Waals surface area contributed by atoms with Crippen molar-refractivity contribution < 1.29 is 9.59 Å². The van der Waals surface area contributed by atoms with Crippen LogP contribution in [0.2, 0.25) is 0 Å². The maximum absolute atomic E-state index is 14.0. The van der Waals surface area contributed by atoms with Gasteiger partial charge in [-0.3, -0.25) is 9.59 Å². The molecule has 2 aromatic rings. The molecule has 6 nitrogen and oxygen atoms in total. The highest BCUT2D eigenvalue weighted by molar-refractivity contribution is 5.90. The number of nitrogens with one attached hydrogen (secondary N) is 2. The van der Waals surface area contributed by atoms with E-state index < -0.39 is 6.04 Å². The Morgan fingerprint density at radius 3 is 2.37 bits per heavy atom. The monoisotopic (exact) mass is 476 g/mol. The van der Waals surface area contributed by atoms with Gasteiger partial charge in [0.2, 0.25) is 11.8 Å². The molecule has 2 aromatic carbocycles. The minimum absolute atomic E-state index is 0.0383. The summed E-state index contributed by atoms with van der Waals surface area (Å²) in [5, 5.41) is 6.14. The van der Waals surface area contributed by atoms with Crippen molar-refractivity contribution in [2.45, 2.75) is 70.0 Å². The highest BCUT2D eigenvalue weighted by Gasteiger charge is 2.39. The average molecular weight is 477 g/mol. The molecule has 2 unspecified atom stereocenters. The predicted octanol–water partition coefficient (Wildman–Crippen LogP) is 4.79. The highest BCUT2D eigenvalue weighted by atomic mass is 16.2. The molecule has 0 radical (unpaired) electrons. The smallest absolute Gasteiger partial charge is 0.245 e. The van der Waals surface area contributed by atoms with Crippen LogP contribution in [0.1, 0.15) is 63.5 Å². The van der Waals surface area contributed by atoms with Gasteiger partial charge in [-0.1, -0.05) is 49.6 Å². The molecule has 188 valence electrons. The van der Waals surface area contributed by atoms with Crippen molar-refractivity contribution in [3.63, 3.8) is 0 Å². The summed E-state index contributed by atoms with van der Waals surface area (Å²) in [7, 11) is 3.85.